The second-order valence-electron chi connectivity index (χ2n) is 5.70. The molecular weight excluding hydrogens is 255 g/mol. The van der Waals surface area contributed by atoms with Crippen LogP contribution in [0.1, 0.15) is 39.4 Å². The van der Waals surface area contributed by atoms with Gasteiger partial charge in [-0.2, -0.15) is 0 Å². The molecule has 1 aromatic rings. The van der Waals surface area contributed by atoms with Crippen molar-refractivity contribution in [2.45, 2.75) is 45.9 Å². The molecular formula is C16H27FN2O. The molecule has 0 aliphatic carbocycles. The van der Waals surface area contributed by atoms with Gasteiger partial charge >= 0.3 is 0 Å². The van der Waals surface area contributed by atoms with E-state index in [-0.39, 0.29) is 5.82 Å². The molecule has 1 aromatic carbocycles. The first-order valence-electron chi connectivity index (χ1n) is 7.31. The molecule has 20 heavy (non-hydrogen) atoms. The van der Waals surface area contributed by atoms with Crippen LogP contribution >= 0.6 is 0 Å². The number of rotatable bonds is 8. The molecule has 0 aliphatic rings. The lowest BCUT2D eigenvalue weighted by Crippen LogP contribution is -2.42. The largest absolute Gasteiger partial charge is 0.387 e. The number of aliphatic hydroxyl groups is 1. The molecule has 0 spiro atoms. The minimum Gasteiger partial charge on any atom is -0.387 e. The second-order valence-corrected chi connectivity index (χ2v) is 5.70. The molecule has 1 rings (SSSR count). The van der Waals surface area contributed by atoms with Gasteiger partial charge in [-0.05, 0) is 45.4 Å². The number of hydrogen-bond donors (Lipinski definition) is 2. The molecule has 0 saturated heterocycles. The molecule has 114 valence electrons. The number of aliphatic hydroxyl groups excluding tert-OH is 1. The summed E-state index contributed by atoms with van der Waals surface area (Å²) >= 11 is 0. The molecule has 4 heteroatoms. The molecule has 0 aliphatic heterocycles. The lowest BCUT2D eigenvalue weighted by atomic mass is 10.1. The number of halogens is 1. The fraction of sp³-hybridized carbons (Fsp3) is 0.625. The zero-order chi connectivity index (χ0) is 15.1. The van der Waals surface area contributed by atoms with Crippen molar-refractivity contribution in [3.8, 4) is 0 Å². The van der Waals surface area contributed by atoms with Gasteiger partial charge in [-0.25, -0.2) is 4.39 Å². The van der Waals surface area contributed by atoms with Crippen LogP contribution < -0.4 is 5.32 Å². The topological polar surface area (TPSA) is 35.5 Å². The smallest absolute Gasteiger partial charge is 0.123 e. The number of nitrogens with zero attached hydrogens (tertiary/aromatic N) is 1. The summed E-state index contributed by atoms with van der Waals surface area (Å²) in [6.45, 7) is 10.9. The average Bonchev–Trinajstić information content (AvgIpc) is 2.37. The summed E-state index contributed by atoms with van der Waals surface area (Å²) in [5, 5.41) is 13.2. The highest BCUT2D eigenvalue weighted by Gasteiger charge is 2.13. The summed E-state index contributed by atoms with van der Waals surface area (Å²) < 4.78 is 13.1. The first-order chi connectivity index (χ1) is 9.41. The minimum absolute atomic E-state index is 0.313. The molecule has 1 unspecified atom stereocenters. The normalized spacial score (nSPS) is 13.4. The first kappa shape index (κ1) is 17.1. The predicted octanol–water partition coefficient (Wildman–Crippen LogP) is 2.57. The lowest BCUT2D eigenvalue weighted by Gasteiger charge is -2.30. The maximum Gasteiger partial charge on any atom is 0.123 e. The van der Waals surface area contributed by atoms with Gasteiger partial charge in [0.25, 0.3) is 0 Å². The predicted molar refractivity (Wildman–Crippen MR) is 81.2 cm³/mol. The van der Waals surface area contributed by atoms with Gasteiger partial charge in [-0.3, -0.25) is 4.90 Å². The second kappa shape index (κ2) is 8.35. The van der Waals surface area contributed by atoms with Crippen LogP contribution in [0.4, 0.5) is 4.39 Å². The van der Waals surface area contributed by atoms with Gasteiger partial charge in [0.2, 0.25) is 0 Å². The van der Waals surface area contributed by atoms with Crippen LogP contribution in [0.2, 0.25) is 0 Å². The minimum atomic E-state index is -0.669. The Morgan fingerprint density at radius 2 is 1.85 bits per heavy atom. The van der Waals surface area contributed by atoms with Gasteiger partial charge in [0.15, 0.2) is 0 Å². The van der Waals surface area contributed by atoms with E-state index in [0.717, 1.165) is 13.1 Å². The van der Waals surface area contributed by atoms with Crippen LogP contribution in [0, 0.1) is 5.82 Å². The molecule has 3 nitrogen and oxygen atoms in total. The van der Waals surface area contributed by atoms with Crippen LogP contribution in [0.15, 0.2) is 24.3 Å². The standard InChI is InChI=1S/C16H27FN2O/c1-12(2)19(13(3)4)9-8-18-11-16(20)14-6-5-7-15(17)10-14/h5-7,10,12-13,16,18,20H,8-9,11H2,1-4H3. The molecule has 0 heterocycles. The van der Waals surface area contributed by atoms with Crippen molar-refractivity contribution in [1.82, 2.24) is 10.2 Å². The van der Waals surface area contributed by atoms with Crippen molar-refractivity contribution in [3.05, 3.63) is 35.6 Å². The summed E-state index contributed by atoms with van der Waals surface area (Å²) in [4.78, 5) is 2.39. The SMILES string of the molecule is CC(C)N(CCNCC(O)c1cccc(F)c1)C(C)C. The molecule has 2 N–H and O–H groups in total. The number of benzene rings is 1. The zero-order valence-electron chi connectivity index (χ0n) is 12.9. The van der Waals surface area contributed by atoms with Crippen molar-refractivity contribution in [1.29, 1.82) is 0 Å². The Kier molecular flexibility index (Phi) is 7.13. The Labute approximate surface area is 121 Å². The van der Waals surface area contributed by atoms with E-state index in [1.54, 1.807) is 12.1 Å². The maximum absolute atomic E-state index is 13.1. The van der Waals surface area contributed by atoms with Crippen molar-refractivity contribution >= 4 is 0 Å². The summed E-state index contributed by atoms with van der Waals surface area (Å²) in [6.07, 6.45) is -0.669. The van der Waals surface area contributed by atoms with Gasteiger partial charge in [-0.1, -0.05) is 12.1 Å². The van der Waals surface area contributed by atoms with E-state index in [9.17, 15) is 9.50 Å². The highest BCUT2D eigenvalue weighted by molar-refractivity contribution is 5.18. The first-order valence-corrected chi connectivity index (χ1v) is 7.31. The third-order valence-corrected chi connectivity index (χ3v) is 3.44. The van der Waals surface area contributed by atoms with Gasteiger partial charge in [0, 0.05) is 31.7 Å². The molecule has 0 bridgehead atoms. The molecule has 0 amide bonds. The van der Waals surface area contributed by atoms with Crippen LogP contribution in [-0.2, 0) is 0 Å². The molecule has 0 fully saturated rings. The highest BCUT2D eigenvalue weighted by Crippen LogP contribution is 2.12. The quantitative estimate of drug-likeness (QED) is 0.719. The van der Waals surface area contributed by atoms with E-state index in [1.807, 2.05) is 0 Å². The van der Waals surface area contributed by atoms with E-state index in [4.69, 9.17) is 0 Å². The Hall–Kier alpha value is -0.970. The molecule has 0 saturated carbocycles. The van der Waals surface area contributed by atoms with E-state index >= 15 is 0 Å². The summed E-state index contributed by atoms with van der Waals surface area (Å²) in [5.74, 6) is -0.313. The van der Waals surface area contributed by atoms with Crippen LogP contribution in [0.25, 0.3) is 0 Å². The summed E-state index contributed by atoms with van der Waals surface area (Å²) in [5.41, 5.74) is 0.613. The third kappa shape index (κ3) is 5.57. The monoisotopic (exact) mass is 282 g/mol. The van der Waals surface area contributed by atoms with E-state index < -0.39 is 6.10 Å². The Morgan fingerprint density at radius 1 is 1.20 bits per heavy atom. The summed E-state index contributed by atoms with van der Waals surface area (Å²) in [7, 11) is 0. The van der Waals surface area contributed by atoms with Crippen LogP contribution in [0.5, 0.6) is 0 Å². The van der Waals surface area contributed by atoms with Gasteiger partial charge in [-0.15, -0.1) is 0 Å². The third-order valence-electron chi connectivity index (χ3n) is 3.44. The summed E-state index contributed by atoms with van der Waals surface area (Å²) in [6, 6.07) is 7.13. The van der Waals surface area contributed by atoms with Crippen molar-refractivity contribution in [2.24, 2.45) is 0 Å². The van der Waals surface area contributed by atoms with Gasteiger partial charge in [0.05, 0.1) is 6.10 Å². The average molecular weight is 282 g/mol. The van der Waals surface area contributed by atoms with Gasteiger partial charge in [0.1, 0.15) is 5.82 Å². The number of nitrogens with one attached hydrogen (secondary N) is 1. The molecule has 0 radical (unpaired) electrons. The molecule has 0 aromatic heterocycles. The van der Waals surface area contributed by atoms with E-state index in [0.29, 0.717) is 24.2 Å². The van der Waals surface area contributed by atoms with E-state index in [1.165, 1.54) is 12.1 Å². The maximum atomic E-state index is 13.1. The van der Waals surface area contributed by atoms with Gasteiger partial charge < -0.3 is 10.4 Å². The van der Waals surface area contributed by atoms with Crippen molar-refractivity contribution < 1.29 is 9.50 Å². The fourth-order valence-electron chi connectivity index (χ4n) is 2.39. The molecule has 1 atom stereocenters. The van der Waals surface area contributed by atoms with Crippen LogP contribution in [-0.4, -0.2) is 41.7 Å². The Morgan fingerprint density at radius 3 is 2.40 bits per heavy atom. The van der Waals surface area contributed by atoms with Crippen LogP contribution in [0.3, 0.4) is 0 Å². The zero-order valence-corrected chi connectivity index (χ0v) is 12.9. The van der Waals surface area contributed by atoms with Crippen molar-refractivity contribution in [2.75, 3.05) is 19.6 Å². The highest BCUT2D eigenvalue weighted by atomic mass is 19.1. The van der Waals surface area contributed by atoms with E-state index in [2.05, 4.69) is 37.9 Å². The van der Waals surface area contributed by atoms with Crippen molar-refractivity contribution in [3.63, 3.8) is 0 Å². The lowest BCUT2D eigenvalue weighted by molar-refractivity contribution is 0.157. The Bertz CT molecular complexity index is 388. The fourth-order valence-corrected chi connectivity index (χ4v) is 2.39. The number of hydrogen-bond acceptors (Lipinski definition) is 3. The Balaban J connectivity index is 2.33.